The van der Waals surface area contributed by atoms with E-state index in [0.717, 1.165) is 41.1 Å². The third-order valence-electron chi connectivity index (χ3n) is 9.03. The Kier molecular flexibility index (Phi) is 4.78. The summed E-state index contributed by atoms with van der Waals surface area (Å²) in [7, 11) is 0. The number of ether oxygens (including phenoxy) is 2. The summed E-state index contributed by atoms with van der Waals surface area (Å²) in [6.07, 6.45) is 8.14. The Morgan fingerprint density at radius 1 is 0.969 bits per heavy atom. The minimum absolute atomic E-state index is 0.0946. The first-order valence-corrected chi connectivity index (χ1v) is 12.4. The van der Waals surface area contributed by atoms with Crippen molar-refractivity contribution >= 4 is 22.4 Å². The van der Waals surface area contributed by atoms with Gasteiger partial charge in [-0.1, -0.05) is 18.2 Å². The van der Waals surface area contributed by atoms with Gasteiger partial charge in [-0.05, 0) is 74.8 Å². The summed E-state index contributed by atoms with van der Waals surface area (Å²) in [5.41, 5.74) is 0.462. The number of hydrogen-bond acceptors (Lipinski definition) is 4. The number of esters is 1. The maximum Gasteiger partial charge on any atom is 0.344 e. The molecule has 0 unspecified atom stereocenters. The van der Waals surface area contributed by atoms with E-state index in [2.05, 4.69) is 6.92 Å². The molecule has 0 spiro atoms. The quantitative estimate of drug-likeness (QED) is 0.350. The maximum absolute atomic E-state index is 13.3. The molecule has 0 aromatic heterocycles. The molecular formula is C27H33NO4. The fourth-order valence-corrected chi connectivity index (χ4v) is 7.52. The molecule has 32 heavy (non-hydrogen) atoms. The average molecular weight is 436 g/mol. The molecule has 1 saturated heterocycles. The van der Waals surface area contributed by atoms with Crippen molar-refractivity contribution in [3.63, 3.8) is 0 Å². The number of carbonyl (C=O) groups is 1. The Bertz CT molecular complexity index is 1010. The lowest BCUT2D eigenvalue weighted by molar-refractivity contribution is -0.204. The summed E-state index contributed by atoms with van der Waals surface area (Å²) in [4.78, 5) is 12.9. The van der Waals surface area contributed by atoms with E-state index in [1.165, 1.54) is 32.1 Å². The van der Waals surface area contributed by atoms with Crippen LogP contribution in [-0.2, 0) is 9.53 Å². The molecule has 0 atom stereocenters. The number of fused-ring (bicyclic) bond motifs is 1. The lowest BCUT2D eigenvalue weighted by atomic mass is 9.50. The number of rotatable bonds is 5. The third-order valence-corrected chi connectivity index (χ3v) is 9.03. The zero-order valence-corrected chi connectivity index (χ0v) is 18.9. The SMILES string of the molecule is CC1(OC(=O)COc2ccc([N+]3([O-])CCCC3)c3ccccc23)C2CC3CC(C2)CC1C3. The third kappa shape index (κ3) is 3.24. The van der Waals surface area contributed by atoms with Crippen LogP contribution in [0.25, 0.3) is 10.8 Å². The van der Waals surface area contributed by atoms with Crippen LogP contribution < -0.4 is 9.38 Å². The Hall–Kier alpha value is -2.11. The highest BCUT2D eigenvalue weighted by atomic mass is 16.6. The number of quaternary nitrogens is 1. The molecule has 0 N–H and O–H groups in total. The van der Waals surface area contributed by atoms with Gasteiger partial charge in [-0.15, -0.1) is 0 Å². The average Bonchev–Trinajstić information content (AvgIpc) is 3.23. The van der Waals surface area contributed by atoms with Crippen molar-refractivity contribution in [3.05, 3.63) is 41.6 Å². The fourth-order valence-electron chi connectivity index (χ4n) is 7.52. The van der Waals surface area contributed by atoms with E-state index in [4.69, 9.17) is 9.47 Å². The summed E-state index contributed by atoms with van der Waals surface area (Å²) in [5, 5.41) is 15.1. The van der Waals surface area contributed by atoms with Gasteiger partial charge in [0.25, 0.3) is 0 Å². The monoisotopic (exact) mass is 435 g/mol. The fraction of sp³-hybridized carbons (Fsp3) is 0.593. The highest BCUT2D eigenvalue weighted by Gasteiger charge is 2.57. The molecule has 4 saturated carbocycles. The van der Waals surface area contributed by atoms with Crippen molar-refractivity contribution in [1.29, 1.82) is 0 Å². The molecule has 5 fully saturated rings. The first-order valence-electron chi connectivity index (χ1n) is 12.4. The van der Waals surface area contributed by atoms with Crippen molar-refractivity contribution in [3.8, 4) is 5.75 Å². The Balaban J connectivity index is 1.19. The zero-order valence-electron chi connectivity index (χ0n) is 18.9. The second-order valence-corrected chi connectivity index (χ2v) is 10.9. The van der Waals surface area contributed by atoms with Crippen LogP contribution in [-0.4, -0.2) is 31.3 Å². The number of hydrogen-bond donors (Lipinski definition) is 0. The number of benzene rings is 2. The van der Waals surface area contributed by atoms with E-state index < -0.39 is 0 Å². The molecule has 4 bridgehead atoms. The van der Waals surface area contributed by atoms with Crippen LogP contribution in [0.4, 0.5) is 5.69 Å². The normalized spacial score (nSPS) is 34.7. The molecule has 170 valence electrons. The molecule has 0 amide bonds. The van der Waals surface area contributed by atoms with Gasteiger partial charge < -0.3 is 19.3 Å². The Morgan fingerprint density at radius 3 is 2.25 bits per heavy atom. The minimum atomic E-state index is -0.339. The topological polar surface area (TPSA) is 58.6 Å². The van der Waals surface area contributed by atoms with Crippen LogP contribution in [0.5, 0.6) is 5.75 Å². The molecule has 5 nitrogen and oxygen atoms in total. The Labute approximate surface area is 189 Å². The number of nitrogens with zero attached hydrogens (tertiary/aromatic N) is 1. The zero-order chi connectivity index (χ0) is 21.9. The van der Waals surface area contributed by atoms with Crippen molar-refractivity contribution in [2.24, 2.45) is 23.7 Å². The van der Waals surface area contributed by atoms with Gasteiger partial charge in [0.2, 0.25) is 0 Å². The lowest BCUT2D eigenvalue weighted by Gasteiger charge is -2.59. The summed E-state index contributed by atoms with van der Waals surface area (Å²) in [6.45, 7) is 3.32. The highest BCUT2D eigenvalue weighted by Crippen LogP contribution is 2.59. The molecule has 5 heteroatoms. The van der Waals surface area contributed by atoms with Gasteiger partial charge in [0.1, 0.15) is 17.0 Å². The van der Waals surface area contributed by atoms with Gasteiger partial charge in [-0.2, -0.15) is 0 Å². The van der Waals surface area contributed by atoms with Gasteiger partial charge in [-0.3, -0.25) is 0 Å². The molecule has 2 aromatic carbocycles. The first kappa shape index (κ1) is 20.5. The smallest absolute Gasteiger partial charge is 0.344 e. The lowest BCUT2D eigenvalue weighted by Crippen LogP contribution is -2.58. The van der Waals surface area contributed by atoms with E-state index in [0.29, 0.717) is 30.7 Å². The molecule has 4 aliphatic carbocycles. The van der Waals surface area contributed by atoms with Crippen LogP contribution in [0.3, 0.4) is 0 Å². The van der Waals surface area contributed by atoms with Crippen molar-refractivity contribution < 1.29 is 14.3 Å². The summed E-state index contributed by atoms with van der Waals surface area (Å²) in [5.74, 6) is 3.05. The van der Waals surface area contributed by atoms with Crippen molar-refractivity contribution in [2.75, 3.05) is 19.7 Å². The van der Waals surface area contributed by atoms with Crippen LogP contribution in [0.15, 0.2) is 36.4 Å². The van der Waals surface area contributed by atoms with Gasteiger partial charge in [0.05, 0.1) is 13.1 Å². The Morgan fingerprint density at radius 2 is 1.59 bits per heavy atom. The molecular weight excluding hydrogens is 402 g/mol. The van der Waals surface area contributed by atoms with Crippen molar-refractivity contribution in [2.45, 2.75) is 57.5 Å². The minimum Gasteiger partial charge on any atom is -0.627 e. The van der Waals surface area contributed by atoms with Gasteiger partial charge >= 0.3 is 5.97 Å². The molecule has 2 aromatic rings. The van der Waals surface area contributed by atoms with Crippen LogP contribution in [0.2, 0.25) is 0 Å². The van der Waals surface area contributed by atoms with E-state index >= 15 is 0 Å². The van der Waals surface area contributed by atoms with Crippen molar-refractivity contribution in [1.82, 2.24) is 4.65 Å². The largest absolute Gasteiger partial charge is 0.627 e. The first-order chi connectivity index (χ1) is 15.4. The second kappa shape index (κ2) is 7.46. The second-order valence-electron chi connectivity index (χ2n) is 10.9. The summed E-state index contributed by atoms with van der Waals surface area (Å²) >= 11 is 0. The van der Waals surface area contributed by atoms with E-state index in [-0.39, 0.29) is 22.8 Å². The van der Waals surface area contributed by atoms with Gasteiger partial charge in [0.15, 0.2) is 6.61 Å². The van der Waals surface area contributed by atoms with E-state index in [9.17, 15) is 10.0 Å². The highest BCUT2D eigenvalue weighted by molar-refractivity contribution is 5.97. The standard InChI is InChI=1S/C27H33NO4/c1-27(20-13-18-12-19(15-20)16-21(27)14-18)32-26(29)17-31-25-9-8-24(28(30)10-4-5-11-28)22-6-2-3-7-23(22)25/h2-3,6-9,18-21H,4-5,10-17H2,1H3. The summed E-state index contributed by atoms with van der Waals surface area (Å²) in [6, 6.07) is 11.6. The molecule has 1 heterocycles. The maximum atomic E-state index is 13.3. The number of carbonyl (C=O) groups excluding carboxylic acids is 1. The molecule has 1 aliphatic heterocycles. The van der Waals surface area contributed by atoms with E-state index in [1.54, 1.807) is 0 Å². The predicted octanol–water partition coefficient (Wildman–Crippen LogP) is 5.58. The summed E-state index contributed by atoms with van der Waals surface area (Å²) < 4.78 is 11.9. The number of hydroxylamine groups is 2. The van der Waals surface area contributed by atoms with Crippen LogP contribution in [0.1, 0.15) is 51.9 Å². The van der Waals surface area contributed by atoms with Gasteiger partial charge in [-0.25, -0.2) is 4.79 Å². The molecule has 7 rings (SSSR count). The van der Waals surface area contributed by atoms with E-state index in [1.807, 2.05) is 36.4 Å². The van der Waals surface area contributed by atoms with Crippen LogP contribution in [0, 0.1) is 28.9 Å². The predicted molar refractivity (Wildman–Crippen MR) is 125 cm³/mol. The molecule has 0 radical (unpaired) electrons. The van der Waals surface area contributed by atoms with Crippen LogP contribution >= 0.6 is 0 Å². The molecule has 5 aliphatic rings. The van der Waals surface area contributed by atoms with Gasteiger partial charge in [0, 0.05) is 29.7 Å².